The van der Waals surface area contributed by atoms with Crippen LogP contribution in [0.4, 0.5) is 5.69 Å². The van der Waals surface area contributed by atoms with Crippen LogP contribution in [-0.4, -0.2) is 15.0 Å². The van der Waals surface area contributed by atoms with Crippen molar-refractivity contribution in [1.82, 2.24) is 4.72 Å². The Labute approximate surface area is 103 Å². The van der Waals surface area contributed by atoms with E-state index in [-0.39, 0.29) is 4.90 Å². The van der Waals surface area contributed by atoms with Crippen LogP contribution in [0.3, 0.4) is 0 Å². The number of benzene rings is 1. The van der Waals surface area contributed by atoms with Gasteiger partial charge in [-0.25, -0.2) is 13.1 Å². The number of unbranched alkanes of at least 4 members (excludes halogenated alkanes) is 2. The molecule has 3 N–H and O–H groups in total. The zero-order valence-corrected chi connectivity index (χ0v) is 11.2. The van der Waals surface area contributed by atoms with Crippen LogP contribution < -0.4 is 10.5 Å². The van der Waals surface area contributed by atoms with Crippen molar-refractivity contribution >= 4 is 15.7 Å². The molecule has 0 fully saturated rings. The Morgan fingerprint density at radius 1 is 1.29 bits per heavy atom. The number of hydrogen-bond acceptors (Lipinski definition) is 3. The SMILES string of the molecule is CCCCCNS(=O)(=O)c1ccc(N)c(C)c1. The van der Waals surface area contributed by atoms with E-state index in [1.807, 2.05) is 0 Å². The topological polar surface area (TPSA) is 72.2 Å². The van der Waals surface area contributed by atoms with Crippen molar-refractivity contribution in [2.75, 3.05) is 12.3 Å². The summed E-state index contributed by atoms with van der Waals surface area (Å²) < 4.78 is 26.4. The molecule has 0 saturated heterocycles. The van der Waals surface area contributed by atoms with Crippen molar-refractivity contribution in [3.63, 3.8) is 0 Å². The van der Waals surface area contributed by atoms with Gasteiger partial charge in [-0.1, -0.05) is 19.8 Å². The quantitative estimate of drug-likeness (QED) is 0.604. The van der Waals surface area contributed by atoms with Gasteiger partial charge in [-0.15, -0.1) is 0 Å². The number of rotatable bonds is 6. The first kappa shape index (κ1) is 14.0. The Morgan fingerprint density at radius 3 is 2.59 bits per heavy atom. The second-order valence-corrected chi connectivity index (χ2v) is 5.89. The van der Waals surface area contributed by atoms with Crippen molar-refractivity contribution in [3.8, 4) is 0 Å². The van der Waals surface area contributed by atoms with E-state index in [0.29, 0.717) is 12.2 Å². The standard InChI is InChI=1S/C12H20N2O2S/c1-3-4-5-8-14-17(15,16)11-6-7-12(13)10(2)9-11/h6-7,9,14H,3-5,8,13H2,1-2H3. The summed E-state index contributed by atoms with van der Waals surface area (Å²) in [4.78, 5) is 0.278. The first-order chi connectivity index (χ1) is 7.97. The Kier molecular flexibility index (Phi) is 4.96. The summed E-state index contributed by atoms with van der Waals surface area (Å²) in [5, 5.41) is 0. The third kappa shape index (κ3) is 4.02. The van der Waals surface area contributed by atoms with Crippen LogP contribution in [0.25, 0.3) is 0 Å². The van der Waals surface area contributed by atoms with Crippen LogP contribution in [-0.2, 0) is 10.0 Å². The number of nitrogens with one attached hydrogen (secondary N) is 1. The molecule has 17 heavy (non-hydrogen) atoms. The largest absolute Gasteiger partial charge is 0.399 e. The Balaban J connectivity index is 2.72. The molecule has 1 aromatic carbocycles. The first-order valence-electron chi connectivity index (χ1n) is 5.83. The maximum absolute atomic E-state index is 11.9. The number of nitrogens with two attached hydrogens (primary N) is 1. The molecule has 0 aromatic heterocycles. The molecule has 0 amide bonds. The van der Waals surface area contributed by atoms with Gasteiger partial charge in [0.1, 0.15) is 0 Å². The van der Waals surface area contributed by atoms with E-state index in [0.717, 1.165) is 24.8 Å². The molecule has 0 aliphatic rings. The molecule has 0 heterocycles. The second kappa shape index (κ2) is 6.02. The first-order valence-corrected chi connectivity index (χ1v) is 7.31. The van der Waals surface area contributed by atoms with E-state index >= 15 is 0 Å². The Bertz CT molecular complexity index is 469. The maximum atomic E-state index is 11.9. The molecular weight excluding hydrogens is 236 g/mol. The van der Waals surface area contributed by atoms with Gasteiger partial charge in [0.25, 0.3) is 0 Å². The fourth-order valence-corrected chi connectivity index (χ4v) is 2.64. The van der Waals surface area contributed by atoms with Gasteiger partial charge >= 0.3 is 0 Å². The molecule has 0 aliphatic carbocycles. The molecule has 0 radical (unpaired) electrons. The number of sulfonamides is 1. The van der Waals surface area contributed by atoms with Crippen LogP contribution in [0.1, 0.15) is 31.7 Å². The minimum atomic E-state index is -3.39. The van der Waals surface area contributed by atoms with Crippen LogP contribution in [0.2, 0.25) is 0 Å². The average Bonchev–Trinajstić information content (AvgIpc) is 2.28. The van der Waals surface area contributed by atoms with Gasteiger partial charge in [-0.2, -0.15) is 0 Å². The van der Waals surface area contributed by atoms with Gasteiger partial charge in [0.15, 0.2) is 0 Å². The fraction of sp³-hybridized carbons (Fsp3) is 0.500. The summed E-state index contributed by atoms with van der Waals surface area (Å²) in [6.07, 6.45) is 2.97. The summed E-state index contributed by atoms with van der Waals surface area (Å²) in [6.45, 7) is 4.36. The summed E-state index contributed by atoms with van der Waals surface area (Å²) in [6, 6.07) is 4.75. The van der Waals surface area contributed by atoms with Gasteiger partial charge in [-0.05, 0) is 37.1 Å². The van der Waals surface area contributed by atoms with Gasteiger partial charge in [0.2, 0.25) is 10.0 Å². The molecule has 1 aromatic rings. The number of anilines is 1. The third-order valence-corrected chi connectivity index (χ3v) is 4.08. The maximum Gasteiger partial charge on any atom is 0.240 e. The van der Waals surface area contributed by atoms with Gasteiger partial charge < -0.3 is 5.73 Å². The zero-order chi connectivity index (χ0) is 12.9. The molecule has 0 saturated carbocycles. The van der Waals surface area contributed by atoms with Gasteiger partial charge in [-0.3, -0.25) is 0 Å². The average molecular weight is 256 g/mol. The highest BCUT2D eigenvalue weighted by Gasteiger charge is 2.13. The number of nitrogen functional groups attached to an aromatic ring is 1. The second-order valence-electron chi connectivity index (χ2n) is 4.12. The molecule has 0 bridgehead atoms. The van der Waals surface area contributed by atoms with Crippen LogP contribution in [0.15, 0.2) is 23.1 Å². The summed E-state index contributed by atoms with van der Waals surface area (Å²) in [5.41, 5.74) is 7.04. The Morgan fingerprint density at radius 2 is 2.00 bits per heavy atom. The third-order valence-electron chi connectivity index (χ3n) is 2.62. The van der Waals surface area contributed by atoms with Gasteiger partial charge in [0, 0.05) is 12.2 Å². The molecule has 0 spiro atoms. The highest BCUT2D eigenvalue weighted by atomic mass is 32.2. The minimum absolute atomic E-state index is 0.278. The molecule has 4 nitrogen and oxygen atoms in total. The molecular formula is C12H20N2O2S. The highest BCUT2D eigenvalue weighted by Crippen LogP contribution is 2.16. The minimum Gasteiger partial charge on any atom is -0.399 e. The summed E-state index contributed by atoms with van der Waals surface area (Å²) >= 11 is 0. The normalized spacial score (nSPS) is 11.6. The lowest BCUT2D eigenvalue weighted by Gasteiger charge is -2.08. The lowest BCUT2D eigenvalue weighted by Crippen LogP contribution is -2.24. The lowest BCUT2D eigenvalue weighted by molar-refractivity contribution is 0.576. The number of hydrogen-bond donors (Lipinski definition) is 2. The molecule has 5 heteroatoms. The summed E-state index contributed by atoms with van der Waals surface area (Å²) in [5.74, 6) is 0. The van der Waals surface area contributed by atoms with E-state index in [4.69, 9.17) is 5.73 Å². The van der Waals surface area contributed by atoms with Crippen molar-refractivity contribution < 1.29 is 8.42 Å². The molecule has 0 aliphatic heterocycles. The predicted octanol–water partition coefficient (Wildman–Crippen LogP) is 2.05. The van der Waals surface area contributed by atoms with Crippen LogP contribution in [0, 0.1) is 6.92 Å². The molecule has 0 atom stereocenters. The predicted molar refractivity (Wildman–Crippen MR) is 70.3 cm³/mol. The van der Waals surface area contributed by atoms with E-state index in [1.54, 1.807) is 19.1 Å². The lowest BCUT2D eigenvalue weighted by atomic mass is 10.2. The van der Waals surface area contributed by atoms with E-state index in [2.05, 4.69) is 11.6 Å². The smallest absolute Gasteiger partial charge is 0.240 e. The van der Waals surface area contributed by atoms with E-state index < -0.39 is 10.0 Å². The van der Waals surface area contributed by atoms with Crippen molar-refractivity contribution in [3.05, 3.63) is 23.8 Å². The van der Waals surface area contributed by atoms with E-state index in [1.165, 1.54) is 6.07 Å². The zero-order valence-electron chi connectivity index (χ0n) is 10.4. The molecule has 1 rings (SSSR count). The number of aryl methyl sites for hydroxylation is 1. The molecule has 0 unspecified atom stereocenters. The van der Waals surface area contributed by atoms with Crippen molar-refractivity contribution in [2.45, 2.75) is 38.0 Å². The van der Waals surface area contributed by atoms with Crippen molar-refractivity contribution in [2.24, 2.45) is 0 Å². The van der Waals surface area contributed by atoms with Crippen molar-refractivity contribution in [1.29, 1.82) is 0 Å². The summed E-state index contributed by atoms with van der Waals surface area (Å²) in [7, 11) is -3.39. The van der Waals surface area contributed by atoms with Crippen LogP contribution in [0.5, 0.6) is 0 Å². The monoisotopic (exact) mass is 256 g/mol. The van der Waals surface area contributed by atoms with Gasteiger partial charge in [0.05, 0.1) is 4.90 Å². The fourth-order valence-electron chi connectivity index (χ4n) is 1.48. The Hall–Kier alpha value is -1.07. The van der Waals surface area contributed by atoms with E-state index in [9.17, 15) is 8.42 Å². The molecule has 96 valence electrons. The highest BCUT2D eigenvalue weighted by molar-refractivity contribution is 7.89. The van der Waals surface area contributed by atoms with Crippen LogP contribution >= 0.6 is 0 Å².